The average molecular weight is 441 g/mol. The summed E-state index contributed by atoms with van der Waals surface area (Å²) < 4.78 is 27.6. The Morgan fingerprint density at radius 2 is 1.77 bits per heavy atom. The smallest absolute Gasteiger partial charge is 0.255 e. The first-order valence-corrected chi connectivity index (χ1v) is 12.3. The van der Waals surface area contributed by atoms with E-state index in [2.05, 4.69) is 5.32 Å². The third-order valence-electron chi connectivity index (χ3n) is 5.37. The van der Waals surface area contributed by atoms with Crippen molar-refractivity contribution in [3.05, 3.63) is 71.1 Å². The molecular formula is C23H24N2O3S2. The molecule has 0 aliphatic carbocycles. The highest BCUT2D eigenvalue weighted by molar-refractivity contribution is 7.89. The maximum atomic E-state index is 13.1. The van der Waals surface area contributed by atoms with Crippen molar-refractivity contribution < 1.29 is 13.2 Å². The third kappa shape index (κ3) is 4.19. The molecule has 5 nitrogen and oxygen atoms in total. The number of benzene rings is 2. The summed E-state index contributed by atoms with van der Waals surface area (Å²) in [6.45, 7) is 2.88. The van der Waals surface area contributed by atoms with Crippen LogP contribution in [0, 0.1) is 6.92 Å². The fourth-order valence-electron chi connectivity index (χ4n) is 3.69. The van der Waals surface area contributed by atoms with Gasteiger partial charge in [-0.3, -0.25) is 4.79 Å². The second-order valence-electron chi connectivity index (χ2n) is 7.42. The summed E-state index contributed by atoms with van der Waals surface area (Å²) in [7, 11) is -3.60. The van der Waals surface area contributed by atoms with E-state index in [4.69, 9.17) is 0 Å². The van der Waals surface area contributed by atoms with Gasteiger partial charge in [0.25, 0.3) is 5.91 Å². The second-order valence-corrected chi connectivity index (χ2v) is 10.3. The number of nitrogens with zero attached hydrogens (tertiary/aromatic N) is 1. The quantitative estimate of drug-likeness (QED) is 0.597. The van der Waals surface area contributed by atoms with Crippen molar-refractivity contribution in [3.63, 3.8) is 0 Å². The lowest BCUT2D eigenvalue weighted by atomic mass is 10.1. The predicted octanol–water partition coefficient (Wildman–Crippen LogP) is 5.15. The minimum Gasteiger partial charge on any atom is -0.321 e. The van der Waals surface area contributed by atoms with Crippen LogP contribution in [-0.4, -0.2) is 31.7 Å². The number of amides is 1. The van der Waals surface area contributed by atoms with Crippen molar-refractivity contribution in [2.24, 2.45) is 0 Å². The van der Waals surface area contributed by atoms with E-state index in [0.29, 0.717) is 24.3 Å². The molecule has 1 aliphatic rings. The molecule has 0 spiro atoms. The van der Waals surface area contributed by atoms with Crippen LogP contribution in [0.4, 0.5) is 5.69 Å². The average Bonchev–Trinajstić information content (AvgIpc) is 3.29. The zero-order valence-corrected chi connectivity index (χ0v) is 18.4. The van der Waals surface area contributed by atoms with Gasteiger partial charge in [-0.25, -0.2) is 8.42 Å². The van der Waals surface area contributed by atoms with Crippen molar-refractivity contribution in [1.82, 2.24) is 4.31 Å². The summed E-state index contributed by atoms with van der Waals surface area (Å²) in [5.74, 6) is -0.313. The van der Waals surface area contributed by atoms with Crippen molar-refractivity contribution in [1.29, 1.82) is 0 Å². The van der Waals surface area contributed by atoms with Gasteiger partial charge in [-0.1, -0.05) is 36.8 Å². The van der Waals surface area contributed by atoms with Crippen LogP contribution in [0.25, 0.3) is 10.4 Å². The van der Waals surface area contributed by atoms with Gasteiger partial charge in [0.2, 0.25) is 10.0 Å². The number of hydrogen-bond acceptors (Lipinski definition) is 4. The fraction of sp³-hybridized carbons (Fsp3) is 0.261. The first-order chi connectivity index (χ1) is 14.5. The highest BCUT2D eigenvalue weighted by Gasteiger charge is 2.27. The Balaban J connectivity index is 1.64. The molecule has 7 heteroatoms. The van der Waals surface area contributed by atoms with Crippen molar-refractivity contribution >= 4 is 33.0 Å². The monoisotopic (exact) mass is 440 g/mol. The number of para-hydroxylation sites is 1. The number of anilines is 1. The largest absolute Gasteiger partial charge is 0.321 e. The lowest BCUT2D eigenvalue weighted by Gasteiger charge is -2.26. The Morgan fingerprint density at radius 3 is 2.50 bits per heavy atom. The molecule has 4 rings (SSSR count). The summed E-state index contributed by atoms with van der Waals surface area (Å²) in [6, 6.07) is 16.4. The van der Waals surface area contributed by atoms with Gasteiger partial charge < -0.3 is 5.32 Å². The molecular weight excluding hydrogens is 416 g/mol. The lowest BCUT2D eigenvalue weighted by Crippen LogP contribution is -2.35. The molecule has 0 unspecified atom stereocenters. The molecule has 0 bridgehead atoms. The normalized spacial score (nSPS) is 15.1. The van der Waals surface area contributed by atoms with Crippen LogP contribution in [0.2, 0.25) is 0 Å². The van der Waals surface area contributed by atoms with E-state index in [1.807, 2.05) is 48.7 Å². The van der Waals surface area contributed by atoms with Crippen molar-refractivity contribution in [3.8, 4) is 10.4 Å². The third-order valence-corrected chi connectivity index (χ3v) is 8.17. The second kappa shape index (κ2) is 8.71. The molecule has 1 saturated heterocycles. The summed E-state index contributed by atoms with van der Waals surface area (Å²) in [6.07, 6.45) is 2.80. The fourth-order valence-corrected chi connectivity index (χ4v) is 6.00. The molecule has 2 heterocycles. The maximum Gasteiger partial charge on any atom is 0.255 e. The van der Waals surface area contributed by atoms with E-state index < -0.39 is 10.0 Å². The number of rotatable bonds is 5. The summed E-state index contributed by atoms with van der Waals surface area (Å²) in [4.78, 5) is 14.3. The first kappa shape index (κ1) is 20.8. The van der Waals surface area contributed by atoms with Crippen LogP contribution in [0.15, 0.2) is 64.9 Å². The first-order valence-electron chi connectivity index (χ1n) is 10.0. The maximum absolute atomic E-state index is 13.1. The van der Waals surface area contributed by atoms with Gasteiger partial charge in [0, 0.05) is 34.8 Å². The van der Waals surface area contributed by atoms with E-state index in [1.165, 1.54) is 10.4 Å². The Bertz CT molecular complexity index is 1150. The van der Waals surface area contributed by atoms with E-state index in [0.717, 1.165) is 35.3 Å². The molecule has 0 saturated carbocycles. The predicted molar refractivity (Wildman–Crippen MR) is 121 cm³/mol. The van der Waals surface area contributed by atoms with E-state index in [1.54, 1.807) is 23.5 Å². The minimum absolute atomic E-state index is 0.173. The van der Waals surface area contributed by atoms with Gasteiger partial charge in [-0.15, -0.1) is 11.3 Å². The van der Waals surface area contributed by atoms with Gasteiger partial charge in [-0.05, 0) is 55.0 Å². The number of hydrogen-bond donors (Lipinski definition) is 1. The molecule has 156 valence electrons. The highest BCUT2D eigenvalue weighted by atomic mass is 32.2. The molecule has 30 heavy (non-hydrogen) atoms. The number of thiophene rings is 1. The Hall–Kier alpha value is -2.48. The molecule has 1 fully saturated rings. The SMILES string of the molecule is Cc1ccc(S(=O)(=O)N2CCCCC2)cc1C(=O)Nc1ccccc1-c1cccs1. The van der Waals surface area contributed by atoms with Crippen LogP contribution in [-0.2, 0) is 10.0 Å². The number of aryl methyl sites for hydroxylation is 1. The Morgan fingerprint density at radius 1 is 1.00 bits per heavy atom. The van der Waals surface area contributed by atoms with Crippen molar-refractivity contribution in [2.45, 2.75) is 31.1 Å². The topological polar surface area (TPSA) is 66.5 Å². The lowest BCUT2D eigenvalue weighted by molar-refractivity contribution is 0.102. The molecule has 1 aromatic heterocycles. The number of piperidine rings is 1. The van der Waals surface area contributed by atoms with Crippen LogP contribution in [0.1, 0.15) is 35.2 Å². The zero-order valence-electron chi connectivity index (χ0n) is 16.8. The van der Waals surface area contributed by atoms with Crippen LogP contribution in [0.3, 0.4) is 0 Å². The molecule has 2 aromatic carbocycles. The van der Waals surface area contributed by atoms with E-state index >= 15 is 0 Å². The highest BCUT2D eigenvalue weighted by Crippen LogP contribution is 2.32. The van der Waals surface area contributed by atoms with Crippen LogP contribution < -0.4 is 5.32 Å². The van der Waals surface area contributed by atoms with Crippen molar-refractivity contribution in [2.75, 3.05) is 18.4 Å². The number of nitrogens with one attached hydrogen (secondary N) is 1. The van der Waals surface area contributed by atoms with Gasteiger partial charge in [0.05, 0.1) is 4.90 Å². The standard InChI is InChI=1S/C23H24N2O3S2/c1-17-11-12-18(30(27,28)25-13-5-2-6-14-25)16-20(17)23(26)24-21-9-4-3-8-19(21)22-10-7-15-29-22/h3-4,7-12,15-16H,2,5-6,13-14H2,1H3,(H,24,26). The number of sulfonamides is 1. The van der Waals surface area contributed by atoms with Gasteiger partial charge in [0.1, 0.15) is 0 Å². The number of carbonyl (C=O) groups excluding carboxylic acids is 1. The van der Waals surface area contributed by atoms with Gasteiger partial charge in [0.15, 0.2) is 0 Å². The summed E-state index contributed by atoms with van der Waals surface area (Å²) in [5.41, 5.74) is 2.75. The molecule has 0 radical (unpaired) electrons. The summed E-state index contributed by atoms with van der Waals surface area (Å²) in [5, 5.41) is 4.97. The van der Waals surface area contributed by atoms with E-state index in [-0.39, 0.29) is 10.8 Å². The molecule has 1 aliphatic heterocycles. The Labute approximate surface area is 181 Å². The van der Waals surface area contributed by atoms with Crippen LogP contribution in [0.5, 0.6) is 0 Å². The Kier molecular flexibility index (Phi) is 6.04. The van der Waals surface area contributed by atoms with Gasteiger partial charge >= 0.3 is 0 Å². The minimum atomic E-state index is -3.60. The molecule has 0 atom stereocenters. The summed E-state index contributed by atoms with van der Waals surface area (Å²) >= 11 is 1.60. The zero-order chi connectivity index (χ0) is 21.1. The van der Waals surface area contributed by atoms with E-state index in [9.17, 15) is 13.2 Å². The molecule has 1 N–H and O–H groups in total. The van der Waals surface area contributed by atoms with Gasteiger partial charge in [-0.2, -0.15) is 4.31 Å². The number of carbonyl (C=O) groups is 1. The van der Waals surface area contributed by atoms with Crippen LogP contribution >= 0.6 is 11.3 Å². The molecule has 3 aromatic rings. The molecule has 1 amide bonds.